The van der Waals surface area contributed by atoms with E-state index in [2.05, 4.69) is 60.5 Å². The molecule has 3 N–H and O–H groups in total. The number of nitrogens with zero attached hydrogens (tertiary/aromatic N) is 2. The molecule has 1 aliphatic heterocycles. The fourth-order valence-corrected chi connectivity index (χ4v) is 4.73. The summed E-state index contributed by atoms with van der Waals surface area (Å²) < 4.78 is 0. The van der Waals surface area contributed by atoms with Gasteiger partial charge in [0.2, 0.25) is 5.91 Å². The molecule has 1 amide bonds. The van der Waals surface area contributed by atoms with Gasteiger partial charge in [-0.1, -0.05) is 60.7 Å². The number of rotatable bonds is 8. The number of likely N-dealkylation sites (tertiary alicyclic amines) is 1. The Morgan fingerprint density at radius 1 is 1.00 bits per heavy atom. The summed E-state index contributed by atoms with van der Waals surface area (Å²) in [7, 11) is 0. The molecule has 0 unspecified atom stereocenters. The Morgan fingerprint density at radius 2 is 1.68 bits per heavy atom. The van der Waals surface area contributed by atoms with Gasteiger partial charge >= 0.3 is 0 Å². The van der Waals surface area contributed by atoms with Crippen LogP contribution < -0.4 is 11.1 Å². The van der Waals surface area contributed by atoms with Crippen LogP contribution in [0.2, 0.25) is 0 Å². The maximum atomic E-state index is 13.5. The zero-order chi connectivity index (χ0) is 24.0. The van der Waals surface area contributed by atoms with Crippen LogP contribution in [0.5, 0.6) is 0 Å². The Balaban J connectivity index is 1.42. The molecule has 2 aromatic carbocycles. The van der Waals surface area contributed by atoms with E-state index < -0.39 is 0 Å². The fourth-order valence-electron chi connectivity index (χ4n) is 4.73. The first-order valence-electron chi connectivity index (χ1n) is 12.3. The molecule has 178 valence electrons. The number of pyridine rings is 1. The summed E-state index contributed by atoms with van der Waals surface area (Å²) in [5.74, 6) is 0.636. The van der Waals surface area contributed by atoms with E-state index in [9.17, 15) is 4.79 Å². The van der Waals surface area contributed by atoms with E-state index in [1.807, 2.05) is 47.5 Å². The second-order valence-electron chi connectivity index (χ2n) is 9.96. The number of carbonyl (C=O) groups is 1. The molecule has 3 aromatic rings. The van der Waals surface area contributed by atoms with Crippen molar-refractivity contribution in [3.63, 3.8) is 0 Å². The van der Waals surface area contributed by atoms with E-state index in [0.29, 0.717) is 18.9 Å². The monoisotopic (exact) mass is 456 g/mol. The molecule has 0 saturated carbocycles. The molecule has 1 atom stereocenters. The Bertz CT molecular complexity index is 1040. The van der Waals surface area contributed by atoms with Gasteiger partial charge < -0.3 is 16.0 Å². The van der Waals surface area contributed by atoms with Crippen molar-refractivity contribution in [2.24, 2.45) is 11.7 Å². The third kappa shape index (κ3) is 6.31. The van der Waals surface area contributed by atoms with E-state index in [0.717, 1.165) is 48.3 Å². The van der Waals surface area contributed by atoms with Crippen molar-refractivity contribution in [1.29, 1.82) is 0 Å². The van der Waals surface area contributed by atoms with Crippen molar-refractivity contribution in [3.05, 3.63) is 90.1 Å². The number of hydrogen-bond acceptors (Lipinski definition) is 4. The van der Waals surface area contributed by atoms with Crippen LogP contribution in [0.25, 0.3) is 11.3 Å². The third-order valence-electron chi connectivity index (χ3n) is 6.91. The van der Waals surface area contributed by atoms with Crippen molar-refractivity contribution in [2.75, 3.05) is 13.1 Å². The van der Waals surface area contributed by atoms with Gasteiger partial charge in [-0.15, -0.1) is 0 Å². The van der Waals surface area contributed by atoms with Gasteiger partial charge in [-0.3, -0.25) is 9.78 Å². The van der Waals surface area contributed by atoms with Gasteiger partial charge in [0, 0.05) is 36.9 Å². The molecule has 1 aromatic heterocycles. The van der Waals surface area contributed by atoms with Gasteiger partial charge in [0.25, 0.3) is 0 Å². The highest BCUT2D eigenvalue weighted by Gasteiger charge is 2.33. The Kier molecular flexibility index (Phi) is 7.76. The van der Waals surface area contributed by atoms with E-state index in [1.165, 1.54) is 0 Å². The first kappa shape index (κ1) is 24.1. The Hall–Kier alpha value is -3.02. The molecule has 2 heterocycles. The summed E-state index contributed by atoms with van der Waals surface area (Å²) in [6, 6.07) is 24.3. The quantitative estimate of drug-likeness (QED) is 0.526. The van der Waals surface area contributed by atoms with Gasteiger partial charge in [0.15, 0.2) is 0 Å². The molecule has 4 rings (SSSR count). The predicted molar refractivity (Wildman–Crippen MR) is 138 cm³/mol. The smallest absolute Gasteiger partial charge is 0.240 e. The lowest BCUT2D eigenvalue weighted by atomic mass is 9.81. The molecule has 34 heavy (non-hydrogen) atoms. The topological polar surface area (TPSA) is 71.2 Å². The normalized spacial score (nSPS) is 15.8. The summed E-state index contributed by atoms with van der Waals surface area (Å²) in [4.78, 5) is 20.0. The predicted octanol–water partition coefficient (Wildman–Crippen LogP) is 4.43. The molecule has 0 spiro atoms. The number of amides is 1. The lowest BCUT2D eigenvalue weighted by Crippen LogP contribution is -2.53. The van der Waals surface area contributed by atoms with Crippen molar-refractivity contribution in [1.82, 2.24) is 15.2 Å². The summed E-state index contributed by atoms with van der Waals surface area (Å²) in [5.41, 5.74) is 10.5. The van der Waals surface area contributed by atoms with Gasteiger partial charge in [0.05, 0.1) is 11.7 Å². The maximum absolute atomic E-state index is 13.5. The van der Waals surface area contributed by atoms with Gasteiger partial charge in [0.1, 0.15) is 0 Å². The number of benzene rings is 2. The van der Waals surface area contributed by atoms with Crippen molar-refractivity contribution >= 4 is 5.91 Å². The first-order chi connectivity index (χ1) is 16.4. The number of piperidine rings is 1. The molecular weight excluding hydrogens is 420 g/mol. The SMILES string of the molecule is CC(C)(N)C1CCN(C(=O)[C@H](Cc2ccccc2)NCc2ccc(-c3ccccn3)cc2)CC1. The standard InChI is InChI=1S/C29H36N4O/c1-29(2,30)25-15-18-33(19-16-25)28(34)27(20-22-8-4-3-5-9-22)32-21-23-11-13-24(14-12-23)26-10-6-7-17-31-26/h3-14,17,25,27,32H,15-16,18-21,30H2,1-2H3/t27-/m0/s1. The summed E-state index contributed by atoms with van der Waals surface area (Å²) in [5, 5.41) is 3.55. The van der Waals surface area contributed by atoms with Crippen LogP contribution in [0.4, 0.5) is 0 Å². The molecule has 1 aliphatic rings. The average Bonchev–Trinajstić information content (AvgIpc) is 2.87. The molecule has 0 radical (unpaired) electrons. The van der Waals surface area contributed by atoms with Crippen molar-refractivity contribution in [2.45, 2.75) is 51.2 Å². The van der Waals surface area contributed by atoms with Gasteiger partial charge in [-0.2, -0.15) is 0 Å². The summed E-state index contributed by atoms with van der Waals surface area (Å²) >= 11 is 0. The summed E-state index contributed by atoms with van der Waals surface area (Å²) in [6.07, 6.45) is 4.40. The first-order valence-corrected chi connectivity index (χ1v) is 12.3. The molecule has 1 fully saturated rings. The van der Waals surface area contributed by atoms with Crippen LogP contribution in [0.1, 0.15) is 37.8 Å². The second-order valence-corrected chi connectivity index (χ2v) is 9.96. The highest BCUT2D eigenvalue weighted by Crippen LogP contribution is 2.26. The lowest BCUT2D eigenvalue weighted by molar-refractivity contribution is -0.135. The largest absolute Gasteiger partial charge is 0.341 e. The van der Waals surface area contributed by atoms with Crippen molar-refractivity contribution in [3.8, 4) is 11.3 Å². The van der Waals surface area contributed by atoms with Crippen LogP contribution in [0, 0.1) is 5.92 Å². The van der Waals surface area contributed by atoms with E-state index in [-0.39, 0.29) is 17.5 Å². The van der Waals surface area contributed by atoms with Crippen LogP contribution in [-0.2, 0) is 17.8 Å². The molecule has 0 bridgehead atoms. The van der Waals surface area contributed by atoms with Crippen LogP contribution in [0.3, 0.4) is 0 Å². The number of hydrogen-bond donors (Lipinski definition) is 2. The molecule has 0 aliphatic carbocycles. The minimum atomic E-state index is -0.264. The molecular formula is C29H36N4O. The van der Waals surface area contributed by atoms with E-state index >= 15 is 0 Å². The fraction of sp³-hybridized carbons (Fsp3) is 0.379. The molecule has 5 heteroatoms. The number of aromatic nitrogens is 1. The highest BCUT2D eigenvalue weighted by atomic mass is 16.2. The molecule has 1 saturated heterocycles. The maximum Gasteiger partial charge on any atom is 0.240 e. The Labute approximate surface area is 203 Å². The van der Waals surface area contributed by atoms with Gasteiger partial charge in [-0.05, 0) is 62.3 Å². The highest BCUT2D eigenvalue weighted by molar-refractivity contribution is 5.82. The minimum Gasteiger partial charge on any atom is -0.341 e. The zero-order valence-corrected chi connectivity index (χ0v) is 20.3. The zero-order valence-electron chi connectivity index (χ0n) is 20.3. The Morgan fingerprint density at radius 3 is 2.29 bits per heavy atom. The van der Waals surface area contributed by atoms with Crippen molar-refractivity contribution < 1.29 is 4.79 Å². The number of nitrogens with one attached hydrogen (secondary N) is 1. The summed E-state index contributed by atoms with van der Waals surface area (Å²) in [6.45, 7) is 6.37. The van der Waals surface area contributed by atoms with Crippen LogP contribution >= 0.6 is 0 Å². The van der Waals surface area contributed by atoms with Gasteiger partial charge in [-0.25, -0.2) is 0 Å². The van der Waals surface area contributed by atoms with Crippen LogP contribution in [0.15, 0.2) is 79.0 Å². The number of carbonyl (C=O) groups excluding carboxylic acids is 1. The average molecular weight is 457 g/mol. The second kappa shape index (κ2) is 10.9. The molecule has 5 nitrogen and oxygen atoms in total. The lowest BCUT2D eigenvalue weighted by Gasteiger charge is -2.39. The van der Waals surface area contributed by atoms with Crippen LogP contribution in [-0.4, -0.2) is 40.5 Å². The minimum absolute atomic E-state index is 0.183. The van der Waals surface area contributed by atoms with E-state index in [1.54, 1.807) is 0 Å². The number of nitrogens with two attached hydrogens (primary N) is 1. The van der Waals surface area contributed by atoms with E-state index in [4.69, 9.17) is 5.73 Å². The third-order valence-corrected chi connectivity index (χ3v) is 6.91.